The lowest BCUT2D eigenvalue weighted by atomic mass is 9.99. The number of amides is 1. The molecule has 5 rings (SSSR count). The highest BCUT2D eigenvalue weighted by atomic mass is 35.5. The predicted octanol–water partition coefficient (Wildman–Crippen LogP) is 5.63. The summed E-state index contributed by atoms with van der Waals surface area (Å²) in [5.41, 5.74) is 3.14. The highest BCUT2D eigenvalue weighted by molar-refractivity contribution is 6.33. The van der Waals surface area contributed by atoms with Gasteiger partial charge in [-0.25, -0.2) is 23.5 Å². The van der Waals surface area contributed by atoms with Crippen LogP contribution in [0.5, 0.6) is 0 Å². The number of nitrogens with one attached hydrogen (secondary N) is 3. The van der Waals surface area contributed by atoms with E-state index in [4.69, 9.17) is 31.5 Å². The number of piperidine rings is 1. The van der Waals surface area contributed by atoms with E-state index < -0.39 is 23.8 Å². The fraction of sp³-hybridized carbons (Fsp3) is 0.321. The highest BCUT2D eigenvalue weighted by Crippen LogP contribution is 2.33. The molecule has 1 atom stereocenters. The topological polar surface area (TPSA) is 134 Å². The molecule has 234 valence electrons. The van der Waals surface area contributed by atoms with Gasteiger partial charge < -0.3 is 25.6 Å². The van der Waals surface area contributed by atoms with Crippen molar-refractivity contribution in [3.05, 3.63) is 64.8 Å². The van der Waals surface area contributed by atoms with Crippen LogP contribution in [0.2, 0.25) is 5.02 Å². The zero-order valence-corrected chi connectivity index (χ0v) is 23.9. The van der Waals surface area contributed by atoms with E-state index in [0.29, 0.717) is 57.2 Å². The Morgan fingerprint density at radius 1 is 1.14 bits per heavy atom. The van der Waals surface area contributed by atoms with Crippen molar-refractivity contribution in [2.75, 3.05) is 23.7 Å². The number of hydrogen-bond acceptors (Lipinski definition) is 7. The quantitative estimate of drug-likeness (QED) is 0.191. The number of rotatable bonds is 7. The summed E-state index contributed by atoms with van der Waals surface area (Å²) in [6.45, 7) is 4.25. The maximum atomic E-state index is 13.6. The SMILES string of the molecule is CC(=O)Nc1ccc(-c2nc3cnc(NCc4ccc(F)c(F)c4)nc3n2C[C@@H]2CCCNC2)c(Cl)c1.O=C(O)C(F)(F)F. The van der Waals surface area contributed by atoms with Gasteiger partial charge in [0.05, 0.1) is 11.2 Å². The number of aromatic nitrogens is 4. The molecule has 2 aromatic heterocycles. The fourth-order valence-electron chi connectivity index (χ4n) is 4.53. The van der Waals surface area contributed by atoms with Crippen LogP contribution >= 0.6 is 11.6 Å². The molecule has 1 aliphatic rings. The summed E-state index contributed by atoms with van der Waals surface area (Å²) >= 11 is 6.64. The Hall–Kier alpha value is -4.37. The van der Waals surface area contributed by atoms with Crippen LogP contribution in [0, 0.1) is 17.6 Å². The van der Waals surface area contributed by atoms with Gasteiger partial charge in [-0.05, 0) is 67.7 Å². The van der Waals surface area contributed by atoms with Crippen molar-refractivity contribution in [3.63, 3.8) is 0 Å². The number of aliphatic carboxylic acids is 1. The van der Waals surface area contributed by atoms with E-state index in [1.54, 1.807) is 18.3 Å². The van der Waals surface area contributed by atoms with E-state index in [1.165, 1.54) is 13.0 Å². The second-order valence-electron chi connectivity index (χ2n) is 9.94. The smallest absolute Gasteiger partial charge is 0.475 e. The van der Waals surface area contributed by atoms with Crippen molar-refractivity contribution in [1.82, 2.24) is 24.8 Å². The average Bonchev–Trinajstić information content (AvgIpc) is 3.31. The molecule has 1 fully saturated rings. The van der Waals surface area contributed by atoms with Gasteiger partial charge in [0.25, 0.3) is 0 Å². The number of carboxylic acids is 1. The number of halogens is 6. The van der Waals surface area contributed by atoms with E-state index in [9.17, 15) is 26.7 Å². The van der Waals surface area contributed by atoms with Crippen LogP contribution in [-0.2, 0) is 22.7 Å². The molecule has 0 saturated carbocycles. The zero-order valence-electron chi connectivity index (χ0n) is 23.2. The van der Waals surface area contributed by atoms with Gasteiger partial charge >= 0.3 is 12.1 Å². The summed E-state index contributed by atoms with van der Waals surface area (Å²) in [6.07, 6.45) is -1.28. The van der Waals surface area contributed by atoms with Crippen LogP contribution in [0.3, 0.4) is 0 Å². The average molecular weight is 640 g/mol. The van der Waals surface area contributed by atoms with E-state index in [2.05, 4.69) is 25.5 Å². The lowest BCUT2D eigenvalue weighted by Crippen LogP contribution is -2.32. The summed E-state index contributed by atoms with van der Waals surface area (Å²) in [6, 6.07) is 9.07. The number of carbonyl (C=O) groups excluding carboxylic acids is 1. The molecule has 1 aliphatic heterocycles. The molecule has 1 saturated heterocycles. The van der Waals surface area contributed by atoms with Crippen molar-refractivity contribution in [1.29, 1.82) is 0 Å². The van der Waals surface area contributed by atoms with Crippen LogP contribution in [0.4, 0.5) is 33.6 Å². The van der Waals surface area contributed by atoms with Gasteiger partial charge in [0.2, 0.25) is 11.9 Å². The van der Waals surface area contributed by atoms with Crippen LogP contribution in [-0.4, -0.2) is 55.8 Å². The molecule has 0 unspecified atom stereocenters. The number of fused-ring (bicyclic) bond motifs is 1. The summed E-state index contributed by atoms with van der Waals surface area (Å²) in [5.74, 6) is -3.34. The van der Waals surface area contributed by atoms with E-state index in [0.717, 1.165) is 38.1 Å². The van der Waals surface area contributed by atoms with Crippen molar-refractivity contribution >= 4 is 46.3 Å². The molecule has 3 heterocycles. The van der Waals surface area contributed by atoms with E-state index in [1.807, 2.05) is 6.07 Å². The third-order valence-corrected chi connectivity index (χ3v) is 6.85. The van der Waals surface area contributed by atoms with Gasteiger partial charge in [-0.1, -0.05) is 17.7 Å². The van der Waals surface area contributed by atoms with Gasteiger partial charge in [-0.2, -0.15) is 18.2 Å². The molecule has 4 N–H and O–H groups in total. The Balaban J connectivity index is 0.000000566. The van der Waals surface area contributed by atoms with Crippen molar-refractivity contribution in [2.24, 2.45) is 5.92 Å². The number of alkyl halides is 3. The number of carbonyl (C=O) groups is 2. The minimum atomic E-state index is -5.08. The molecule has 0 bridgehead atoms. The molecular formula is C28H27ClF5N7O3. The van der Waals surface area contributed by atoms with E-state index in [-0.39, 0.29) is 12.5 Å². The normalized spacial score (nSPS) is 14.9. The Labute approximate surface area is 252 Å². The molecule has 4 aromatic rings. The maximum absolute atomic E-state index is 13.6. The molecule has 44 heavy (non-hydrogen) atoms. The largest absolute Gasteiger partial charge is 0.490 e. The highest BCUT2D eigenvalue weighted by Gasteiger charge is 2.38. The Kier molecular flexibility index (Phi) is 10.3. The maximum Gasteiger partial charge on any atom is 0.490 e. The summed E-state index contributed by atoms with van der Waals surface area (Å²) in [7, 11) is 0. The zero-order chi connectivity index (χ0) is 32.0. The first kappa shape index (κ1) is 32.5. The first-order valence-corrected chi connectivity index (χ1v) is 13.7. The van der Waals surface area contributed by atoms with Gasteiger partial charge in [0, 0.05) is 31.3 Å². The second-order valence-corrected chi connectivity index (χ2v) is 10.3. The predicted molar refractivity (Wildman–Crippen MR) is 153 cm³/mol. The van der Waals surface area contributed by atoms with Crippen LogP contribution in [0.1, 0.15) is 25.3 Å². The summed E-state index contributed by atoms with van der Waals surface area (Å²) < 4.78 is 60.6. The second kappa shape index (κ2) is 13.9. The number of carboxylic acid groups (broad SMARTS) is 1. The molecule has 2 aromatic carbocycles. The van der Waals surface area contributed by atoms with Crippen molar-refractivity contribution in [3.8, 4) is 11.4 Å². The Bertz CT molecular complexity index is 1660. The molecule has 0 aliphatic carbocycles. The Morgan fingerprint density at radius 3 is 2.50 bits per heavy atom. The minimum absolute atomic E-state index is 0.181. The van der Waals surface area contributed by atoms with Crippen LogP contribution < -0.4 is 16.0 Å². The van der Waals surface area contributed by atoms with Crippen molar-refractivity contribution < 1.29 is 36.6 Å². The molecule has 16 heteroatoms. The lowest BCUT2D eigenvalue weighted by Gasteiger charge is -2.24. The first-order chi connectivity index (χ1) is 20.8. The van der Waals surface area contributed by atoms with Crippen molar-refractivity contribution in [2.45, 2.75) is 39.0 Å². The standard InChI is InChI=1S/C26H26ClF2N7O.C2HF3O2/c1-15(37)33-18-5-6-19(20(27)10-18)24-34-23-13-32-26(31-12-16-4-7-21(28)22(29)9-16)35-25(23)36(24)14-17-3-2-8-30-11-17;3-2(4,5)1(6)7/h4-7,9-10,13,17,30H,2-3,8,11-12,14H2,1H3,(H,33,37)(H,31,32,35);(H,6,7)/t17-;/m1./s1. The molecular weight excluding hydrogens is 613 g/mol. The molecule has 0 radical (unpaired) electrons. The van der Waals surface area contributed by atoms with Crippen LogP contribution in [0.15, 0.2) is 42.6 Å². The third-order valence-electron chi connectivity index (χ3n) is 6.53. The van der Waals surface area contributed by atoms with E-state index >= 15 is 0 Å². The number of imidazole rings is 1. The first-order valence-electron chi connectivity index (χ1n) is 13.3. The fourth-order valence-corrected chi connectivity index (χ4v) is 4.79. The molecule has 1 amide bonds. The molecule has 10 nitrogen and oxygen atoms in total. The number of hydrogen-bond donors (Lipinski definition) is 4. The number of nitrogens with zero attached hydrogens (tertiary/aromatic N) is 4. The lowest BCUT2D eigenvalue weighted by molar-refractivity contribution is -0.192. The monoisotopic (exact) mass is 639 g/mol. The number of anilines is 2. The van der Waals surface area contributed by atoms with Gasteiger partial charge in [0.1, 0.15) is 11.3 Å². The Morgan fingerprint density at radius 2 is 1.89 bits per heavy atom. The summed E-state index contributed by atoms with van der Waals surface area (Å²) in [5, 5.41) is 16.9. The number of benzene rings is 2. The molecule has 0 spiro atoms. The summed E-state index contributed by atoms with van der Waals surface area (Å²) in [4.78, 5) is 34.2. The third kappa shape index (κ3) is 8.38. The van der Waals surface area contributed by atoms with Gasteiger partial charge in [-0.3, -0.25) is 4.79 Å². The minimum Gasteiger partial charge on any atom is -0.475 e. The van der Waals surface area contributed by atoms with Gasteiger partial charge in [0.15, 0.2) is 17.3 Å². The van der Waals surface area contributed by atoms with Gasteiger partial charge in [-0.15, -0.1) is 0 Å². The van der Waals surface area contributed by atoms with Crippen LogP contribution in [0.25, 0.3) is 22.6 Å².